The van der Waals surface area contributed by atoms with E-state index in [-0.39, 0.29) is 21.5 Å². The zero-order valence-electron chi connectivity index (χ0n) is 9.04. The van der Waals surface area contributed by atoms with E-state index in [4.69, 9.17) is 28.5 Å². The molecule has 1 saturated heterocycles. The Morgan fingerprint density at radius 3 is 2.24 bits per heavy atom. The molecule has 0 radical (unpaired) electrons. The molecule has 17 heavy (non-hydrogen) atoms. The maximum Gasteiger partial charge on any atom is 0.253 e. The minimum Gasteiger partial charge on any atom is -0.339 e. The van der Waals surface area contributed by atoms with Crippen LogP contribution in [-0.2, 0) is 0 Å². The number of halogens is 2. The van der Waals surface area contributed by atoms with Gasteiger partial charge in [0.25, 0.3) is 5.91 Å². The number of likely N-dealkylation sites (tertiary alicyclic amines) is 1. The SMILES string of the molecule is N#Cc1c(Cl)cc(C(=O)N2CCCC2)cc1Cl. The minimum absolute atomic E-state index is 0.0733. The van der Waals surface area contributed by atoms with Crippen LogP contribution in [0.1, 0.15) is 28.8 Å². The molecule has 1 fully saturated rings. The van der Waals surface area contributed by atoms with E-state index in [0.717, 1.165) is 25.9 Å². The van der Waals surface area contributed by atoms with Crippen LogP contribution < -0.4 is 0 Å². The number of nitriles is 1. The molecule has 0 saturated carbocycles. The van der Waals surface area contributed by atoms with E-state index < -0.39 is 0 Å². The first-order valence-electron chi connectivity index (χ1n) is 5.32. The van der Waals surface area contributed by atoms with Gasteiger partial charge in [-0.15, -0.1) is 0 Å². The number of hydrogen-bond donors (Lipinski definition) is 0. The van der Waals surface area contributed by atoms with Crippen LogP contribution in [-0.4, -0.2) is 23.9 Å². The van der Waals surface area contributed by atoms with Crippen molar-refractivity contribution in [3.63, 3.8) is 0 Å². The Labute approximate surface area is 110 Å². The third-order valence-corrected chi connectivity index (χ3v) is 3.39. The number of carbonyl (C=O) groups excluding carboxylic acids is 1. The molecule has 0 atom stereocenters. The Kier molecular flexibility index (Phi) is 3.56. The van der Waals surface area contributed by atoms with Crippen LogP contribution in [0.5, 0.6) is 0 Å². The van der Waals surface area contributed by atoms with Gasteiger partial charge in [-0.2, -0.15) is 5.26 Å². The molecule has 0 aromatic heterocycles. The molecular weight excluding hydrogens is 259 g/mol. The quantitative estimate of drug-likeness (QED) is 0.786. The molecule has 1 amide bonds. The zero-order chi connectivity index (χ0) is 12.4. The Balaban J connectivity index is 2.34. The molecule has 0 unspecified atom stereocenters. The van der Waals surface area contributed by atoms with Crippen LogP contribution in [0.15, 0.2) is 12.1 Å². The molecule has 1 aromatic carbocycles. The largest absolute Gasteiger partial charge is 0.339 e. The first-order chi connectivity index (χ1) is 8.13. The van der Waals surface area contributed by atoms with Crippen molar-refractivity contribution >= 4 is 29.1 Å². The van der Waals surface area contributed by atoms with E-state index >= 15 is 0 Å². The highest BCUT2D eigenvalue weighted by molar-refractivity contribution is 6.37. The summed E-state index contributed by atoms with van der Waals surface area (Å²) in [7, 11) is 0. The van der Waals surface area contributed by atoms with Crippen molar-refractivity contribution in [1.82, 2.24) is 4.90 Å². The predicted octanol–water partition coefficient (Wildman–Crippen LogP) is 3.10. The number of rotatable bonds is 1. The first-order valence-corrected chi connectivity index (χ1v) is 6.07. The molecule has 0 N–H and O–H groups in total. The maximum atomic E-state index is 12.1. The molecule has 0 bridgehead atoms. The molecule has 1 aromatic rings. The highest BCUT2D eigenvalue weighted by atomic mass is 35.5. The number of nitrogens with zero attached hydrogens (tertiary/aromatic N) is 2. The number of benzene rings is 1. The first kappa shape index (κ1) is 12.2. The lowest BCUT2D eigenvalue weighted by Gasteiger charge is -2.15. The third-order valence-electron chi connectivity index (χ3n) is 2.79. The molecule has 1 heterocycles. The highest BCUT2D eigenvalue weighted by Crippen LogP contribution is 2.27. The Morgan fingerprint density at radius 1 is 1.24 bits per heavy atom. The Bertz CT molecular complexity index is 479. The Morgan fingerprint density at radius 2 is 1.76 bits per heavy atom. The monoisotopic (exact) mass is 268 g/mol. The topological polar surface area (TPSA) is 44.1 Å². The number of amides is 1. The van der Waals surface area contributed by atoms with Gasteiger partial charge in [0.2, 0.25) is 0 Å². The van der Waals surface area contributed by atoms with Gasteiger partial charge in [-0.1, -0.05) is 23.2 Å². The van der Waals surface area contributed by atoms with Gasteiger partial charge in [0.05, 0.1) is 15.6 Å². The van der Waals surface area contributed by atoms with Crippen LogP contribution in [0, 0.1) is 11.3 Å². The lowest BCUT2D eigenvalue weighted by molar-refractivity contribution is 0.0793. The van der Waals surface area contributed by atoms with E-state index in [9.17, 15) is 4.79 Å². The van der Waals surface area contributed by atoms with Gasteiger partial charge in [0.15, 0.2) is 0 Å². The average Bonchev–Trinajstić information content (AvgIpc) is 2.81. The smallest absolute Gasteiger partial charge is 0.253 e. The summed E-state index contributed by atoms with van der Waals surface area (Å²) in [4.78, 5) is 13.8. The summed E-state index contributed by atoms with van der Waals surface area (Å²) in [5.41, 5.74) is 0.659. The van der Waals surface area contributed by atoms with Gasteiger partial charge in [0.1, 0.15) is 6.07 Å². The standard InChI is InChI=1S/C12H10Cl2N2O/c13-10-5-8(6-11(14)9(10)7-15)12(17)16-3-1-2-4-16/h5-6H,1-4H2. The van der Waals surface area contributed by atoms with Gasteiger partial charge in [-0.25, -0.2) is 0 Å². The molecule has 0 aliphatic carbocycles. The molecule has 88 valence electrons. The number of hydrogen-bond acceptors (Lipinski definition) is 2. The van der Waals surface area contributed by atoms with Gasteiger partial charge >= 0.3 is 0 Å². The van der Waals surface area contributed by atoms with Crippen molar-refractivity contribution < 1.29 is 4.79 Å². The number of carbonyl (C=O) groups is 1. The van der Waals surface area contributed by atoms with Crippen molar-refractivity contribution in [2.24, 2.45) is 0 Å². The van der Waals surface area contributed by atoms with Gasteiger partial charge in [-0.05, 0) is 25.0 Å². The van der Waals surface area contributed by atoms with Crippen molar-refractivity contribution in [2.45, 2.75) is 12.8 Å². The fraction of sp³-hybridized carbons (Fsp3) is 0.333. The molecule has 1 aliphatic heterocycles. The van der Waals surface area contributed by atoms with Crippen LogP contribution in [0.2, 0.25) is 10.0 Å². The maximum absolute atomic E-state index is 12.1. The Hall–Kier alpha value is -1.24. The average molecular weight is 269 g/mol. The fourth-order valence-corrected chi connectivity index (χ4v) is 2.48. The molecule has 3 nitrogen and oxygen atoms in total. The van der Waals surface area contributed by atoms with Crippen molar-refractivity contribution in [2.75, 3.05) is 13.1 Å². The van der Waals surface area contributed by atoms with Crippen molar-refractivity contribution in [3.8, 4) is 6.07 Å². The summed E-state index contributed by atoms with van der Waals surface area (Å²) < 4.78 is 0. The van der Waals surface area contributed by atoms with E-state index in [1.807, 2.05) is 6.07 Å². The molecule has 1 aliphatic rings. The van der Waals surface area contributed by atoms with E-state index in [2.05, 4.69) is 0 Å². The van der Waals surface area contributed by atoms with E-state index in [1.165, 1.54) is 12.1 Å². The van der Waals surface area contributed by atoms with Crippen molar-refractivity contribution in [3.05, 3.63) is 33.3 Å². The van der Waals surface area contributed by atoms with E-state index in [0.29, 0.717) is 5.56 Å². The lowest BCUT2D eigenvalue weighted by atomic mass is 10.1. The summed E-state index contributed by atoms with van der Waals surface area (Å²) in [6.07, 6.45) is 2.06. The zero-order valence-corrected chi connectivity index (χ0v) is 10.6. The third kappa shape index (κ3) is 2.38. The fourth-order valence-electron chi connectivity index (χ4n) is 1.91. The summed E-state index contributed by atoms with van der Waals surface area (Å²) in [5, 5.41) is 9.28. The van der Waals surface area contributed by atoms with Gasteiger partial charge < -0.3 is 4.90 Å². The van der Waals surface area contributed by atoms with Crippen LogP contribution in [0.4, 0.5) is 0 Å². The van der Waals surface area contributed by atoms with Crippen LogP contribution in [0.3, 0.4) is 0 Å². The van der Waals surface area contributed by atoms with Crippen LogP contribution in [0.25, 0.3) is 0 Å². The summed E-state index contributed by atoms with van der Waals surface area (Å²) in [5.74, 6) is -0.0733. The molecule has 5 heteroatoms. The lowest BCUT2D eigenvalue weighted by Crippen LogP contribution is -2.27. The van der Waals surface area contributed by atoms with Gasteiger partial charge in [-0.3, -0.25) is 4.79 Å². The molecule has 0 spiro atoms. The normalized spacial score (nSPS) is 14.8. The summed E-state index contributed by atoms with van der Waals surface area (Å²) in [6.45, 7) is 1.54. The predicted molar refractivity (Wildman–Crippen MR) is 66.3 cm³/mol. The summed E-state index contributed by atoms with van der Waals surface area (Å²) >= 11 is 11.8. The van der Waals surface area contributed by atoms with Crippen molar-refractivity contribution in [1.29, 1.82) is 5.26 Å². The summed E-state index contributed by atoms with van der Waals surface area (Å²) in [6, 6.07) is 4.92. The van der Waals surface area contributed by atoms with Crippen LogP contribution >= 0.6 is 23.2 Å². The minimum atomic E-state index is -0.0733. The molecule has 2 rings (SSSR count). The highest BCUT2D eigenvalue weighted by Gasteiger charge is 2.21. The second-order valence-electron chi connectivity index (χ2n) is 3.93. The van der Waals surface area contributed by atoms with Gasteiger partial charge in [0, 0.05) is 18.7 Å². The second kappa shape index (κ2) is 4.95. The second-order valence-corrected chi connectivity index (χ2v) is 4.74. The van der Waals surface area contributed by atoms with E-state index in [1.54, 1.807) is 4.90 Å². The molecular formula is C12H10Cl2N2O.